The van der Waals surface area contributed by atoms with Crippen LogP contribution >= 0.6 is 11.8 Å². The van der Waals surface area contributed by atoms with Gasteiger partial charge in [-0.1, -0.05) is 30.0 Å². The number of anilines is 1. The van der Waals surface area contributed by atoms with E-state index >= 15 is 0 Å². The second kappa shape index (κ2) is 3.44. The molecule has 0 amide bonds. The summed E-state index contributed by atoms with van der Waals surface area (Å²) in [5.74, 6) is 0. The second-order valence-electron chi connectivity index (χ2n) is 2.99. The summed E-state index contributed by atoms with van der Waals surface area (Å²) in [4.78, 5) is 2.13. The van der Waals surface area contributed by atoms with Crippen molar-refractivity contribution in [3.63, 3.8) is 0 Å². The van der Waals surface area contributed by atoms with Gasteiger partial charge >= 0.3 is 0 Å². The average Bonchev–Trinajstić information content (AvgIpc) is 2.48. The van der Waals surface area contributed by atoms with Crippen molar-refractivity contribution in [2.75, 3.05) is 4.90 Å². The van der Waals surface area contributed by atoms with Gasteiger partial charge < -0.3 is 10.6 Å². The number of nitrogens with two attached hydrogens (primary N) is 1. The van der Waals surface area contributed by atoms with E-state index in [1.807, 2.05) is 18.2 Å². The van der Waals surface area contributed by atoms with Gasteiger partial charge in [0.05, 0.1) is 0 Å². The minimum Gasteiger partial charge on any atom is -0.320 e. The molecule has 0 aliphatic carbocycles. The number of benzene rings is 1. The fourth-order valence-electron chi connectivity index (χ4n) is 1.43. The number of thioether (sulfide) groups is 1. The Labute approximate surface area is 82.4 Å². The Kier molecular flexibility index (Phi) is 2.29. The zero-order valence-electron chi connectivity index (χ0n) is 7.47. The summed E-state index contributed by atoms with van der Waals surface area (Å²) in [5, 5.41) is 2.09. The molecule has 1 aliphatic rings. The van der Waals surface area contributed by atoms with Gasteiger partial charge in [-0.05, 0) is 24.5 Å². The minimum atomic E-state index is 0.0300. The molecule has 68 valence electrons. The predicted octanol–water partition coefficient (Wildman–Crippen LogP) is 2.34. The Balaban J connectivity index is 2.31. The maximum Gasteiger partial charge on any atom is 0.133 e. The molecule has 1 unspecified atom stereocenters. The fraction of sp³-hybridized carbons (Fsp3) is 0.200. The zero-order valence-corrected chi connectivity index (χ0v) is 8.29. The van der Waals surface area contributed by atoms with Crippen molar-refractivity contribution in [2.24, 2.45) is 5.73 Å². The summed E-state index contributed by atoms with van der Waals surface area (Å²) < 4.78 is 0. The Hall–Kier alpha value is -0.930. The predicted molar refractivity (Wildman–Crippen MR) is 58.2 cm³/mol. The molecule has 2 N–H and O–H groups in total. The van der Waals surface area contributed by atoms with Crippen LogP contribution in [0.4, 0.5) is 5.69 Å². The van der Waals surface area contributed by atoms with Crippen LogP contribution in [0.15, 0.2) is 41.4 Å². The average molecular weight is 192 g/mol. The van der Waals surface area contributed by atoms with E-state index in [9.17, 15) is 0 Å². The number of hydrogen-bond donors (Lipinski definition) is 1. The lowest BCUT2D eigenvalue weighted by Gasteiger charge is -2.24. The van der Waals surface area contributed by atoms with Gasteiger partial charge in [-0.25, -0.2) is 0 Å². The second-order valence-corrected chi connectivity index (χ2v) is 3.98. The van der Waals surface area contributed by atoms with Gasteiger partial charge in [-0.3, -0.25) is 0 Å². The fourth-order valence-corrected chi connectivity index (χ4v) is 2.29. The van der Waals surface area contributed by atoms with Gasteiger partial charge in [0.25, 0.3) is 0 Å². The van der Waals surface area contributed by atoms with Crippen molar-refractivity contribution >= 4 is 17.4 Å². The molecule has 1 heterocycles. The first-order valence-corrected chi connectivity index (χ1v) is 5.15. The number of allylic oxidation sites excluding steroid dienone is 1. The zero-order chi connectivity index (χ0) is 9.26. The highest BCUT2D eigenvalue weighted by molar-refractivity contribution is 8.03. The van der Waals surface area contributed by atoms with Crippen LogP contribution in [0.5, 0.6) is 0 Å². The highest BCUT2D eigenvalue weighted by Gasteiger charge is 2.21. The topological polar surface area (TPSA) is 29.3 Å². The highest BCUT2D eigenvalue weighted by Crippen LogP contribution is 2.32. The molecule has 0 aromatic heterocycles. The Morgan fingerprint density at radius 1 is 1.31 bits per heavy atom. The van der Waals surface area contributed by atoms with Crippen LogP contribution in [0.3, 0.4) is 0 Å². The van der Waals surface area contributed by atoms with E-state index < -0.39 is 0 Å². The number of nitrogens with zero attached hydrogens (tertiary/aromatic N) is 1. The SMILES string of the molecule is CC1=CSC(N)N1c1ccccc1. The molecule has 0 bridgehead atoms. The van der Waals surface area contributed by atoms with Crippen LogP contribution in [0.25, 0.3) is 0 Å². The number of hydrogen-bond acceptors (Lipinski definition) is 3. The molecular weight excluding hydrogens is 180 g/mol. The van der Waals surface area contributed by atoms with Crippen LogP contribution in [-0.4, -0.2) is 5.50 Å². The van der Waals surface area contributed by atoms with Crippen molar-refractivity contribution in [3.8, 4) is 0 Å². The lowest BCUT2D eigenvalue weighted by atomic mass is 10.3. The molecule has 13 heavy (non-hydrogen) atoms. The van der Waals surface area contributed by atoms with E-state index in [2.05, 4.69) is 29.4 Å². The molecule has 1 aromatic rings. The third-order valence-electron chi connectivity index (χ3n) is 2.05. The van der Waals surface area contributed by atoms with Gasteiger partial charge in [-0.15, -0.1) is 0 Å². The summed E-state index contributed by atoms with van der Waals surface area (Å²) in [5.41, 5.74) is 8.34. The molecule has 0 saturated carbocycles. The molecule has 1 atom stereocenters. The van der Waals surface area contributed by atoms with E-state index in [0.29, 0.717) is 0 Å². The van der Waals surface area contributed by atoms with Gasteiger partial charge in [0.2, 0.25) is 0 Å². The van der Waals surface area contributed by atoms with E-state index in [1.165, 1.54) is 5.70 Å². The van der Waals surface area contributed by atoms with Crippen LogP contribution in [0.1, 0.15) is 6.92 Å². The summed E-state index contributed by atoms with van der Waals surface area (Å²) in [7, 11) is 0. The van der Waals surface area contributed by atoms with Crippen molar-refractivity contribution in [1.82, 2.24) is 0 Å². The summed E-state index contributed by atoms with van der Waals surface area (Å²) in [6.45, 7) is 2.08. The van der Waals surface area contributed by atoms with Gasteiger partial charge in [0, 0.05) is 11.4 Å². The monoisotopic (exact) mass is 192 g/mol. The van der Waals surface area contributed by atoms with Gasteiger partial charge in [-0.2, -0.15) is 0 Å². The van der Waals surface area contributed by atoms with Crippen molar-refractivity contribution < 1.29 is 0 Å². The molecule has 0 fully saturated rings. The van der Waals surface area contributed by atoms with E-state index in [-0.39, 0.29) is 5.50 Å². The number of rotatable bonds is 1. The van der Waals surface area contributed by atoms with Crippen molar-refractivity contribution in [1.29, 1.82) is 0 Å². The summed E-state index contributed by atoms with van der Waals surface area (Å²) >= 11 is 1.65. The standard InChI is InChI=1S/C10H12N2S/c1-8-7-13-10(11)12(8)9-5-3-2-4-6-9/h2-7,10H,11H2,1H3. The maximum absolute atomic E-state index is 5.94. The summed E-state index contributed by atoms with van der Waals surface area (Å²) in [6.07, 6.45) is 0. The third-order valence-corrected chi connectivity index (χ3v) is 3.01. The van der Waals surface area contributed by atoms with Crippen molar-refractivity contribution in [2.45, 2.75) is 12.4 Å². The van der Waals surface area contributed by atoms with Crippen molar-refractivity contribution in [3.05, 3.63) is 41.4 Å². The molecule has 3 heteroatoms. The molecule has 1 aromatic carbocycles. The third kappa shape index (κ3) is 1.57. The molecule has 1 aliphatic heterocycles. The van der Waals surface area contributed by atoms with Gasteiger partial charge in [0.15, 0.2) is 0 Å². The molecule has 0 saturated heterocycles. The lowest BCUT2D eigenvalue weighted by Crippen LogP contribution is -2.34. The van der Waals surface area contributed by atoms with Gasteiger partial charge in [0.1, 0.15) is 5.50 Å². The maximum atomic E-state index is 5.94. The molecule has 0 spiro atoms. The van der Waals surface area contributed by atoms with E-state index in [4.69, 9.17) is 5.73 Å². The largest absolute Gasteiger partial charge is 0.320 e. The van der Waals surface area contributed by atoms with Crippen LogP contribution in [-0.2, 0) is 0 Å². The first-order chi connectivity index (χ1) is 6.29. The quantitative estimate of drug-likeness (QED) is 0.740. The lowest BCUT2D eigenvalue weighted by molar-refractivity contribution is 0.885. The van der Waals surface area contributed by atoms with Crippen LogP contribution in [0, 0.1) is 0 Å². The first-order valence-electron chi connectivity index (χ1n) is 4.21. The molecule has 0 radical (unpaired) electrons. The Morgan fingerprint density at radius 3 is 2.54 bits per heavy atom. The van der Waals surface area contributed by atoms with E-state index in [0.717, 1.165) is 5.69 Å². The van der Waals surface area contributed by atoms with Crippen LogP contribution in [0.2, 0.25) is 0 Å². The molecular formula is C10H12N2S. The highest BCUT2D eigenvalue weighted by atomic mass is 32.2. The molecule has 2 nitrogen and oxygen atoms in total. The first kappa shape index (κ1) is 8.66. The van der Waals surface area contributed by atoms with E-state index in [1.54, 1.807) is 11.8 Å². The molecule has 2 rings (SSSR count). The Morgan fingerprint density at radius 2 is 2.00 bits per heavy atom. The minimum absolute atomic E-state index is 0.0300. The van der Waals surface area contributed by atoms with Crippen LogP contribution < -0.4 is 10.6 Å². The Bertz CT molecular complexity index is 321. The smallest absolute Gasteiger partial charge is 0.133 e. The number of para-hydroxylation sites is 1. The normalized spacial score (nSPS) is 21.8. The summed E-state index contributed by atoms with van der Waals surface area (Å²) in [6, 6.07) is 10.2.